The molecule has 144 valence electrons. The number of sulfonamides is 1. The summed E-state index contributed by atoms with van der Waals surface area (Å²) in [7, 11) is -0.866. The fraction of sp³-hybridized carbons (Fsp3) is 0.222. The van der Waals surface area contributed by atoms with Gasteiger partial charge in [-0.05, 0) is 35.9 Å². The second kappa shape index (κ2) is 8.74. The fourth-order valence-electron chi connectivity index (χ4n) is 2.14. The topological polar surface area (TPSA) is 95.6 Å². The van der Waals surface area contributed by atoms with E-state index in [4.69, 9.17) is 0 Å². The lowest BCUT2D eigenvalue weighted by molar-refractivity contribution is -0.120. The smallest absolute Gasteiger partial charge is 0.251 e. The van der Waals surface area contributed by atoms with Crippen LogP contribution in [-0.2, 0) is 21.4 Å². The van der Waals surface area contributed by atoms with E-state index in [0.717, 1.165) is 9.87 Å². The highest BCUT2D eigenvalue weighted by Crippen LogP contribution is 2.14. The molecule has 27 heavy (non-hydrogen) atoms. The minimum Gasteiger partial charge on any atom is -0.350 e. The molecule has 2 N–H and O–H groups in total. The lowest BCUT2D eigenvalue weighted by Gasteiger charge is -2.12. The zero-order chi connectivity index (χ0) is 20.0. The van der Waals surface area contributed by atoms with Crippen LogP contribution in [0.4, 0.5) is 4.39 Å². The molecule has 0 aromatic heterocycles. The predicted octanol–water partition coefficient (Wildman–Crippen LogP) is 1.12. The first-order valence-corrected chi connectivity index (χ1v) is 9.46. The number of rotatable bonds is 7. The number of nitrogens with zero attached hydrogens (tertiary/aromatic N) is 1. The largest absolute Gasteiger partial charge is 0.350 e. The maximum Gasteiger partial charge on any atom is 0.251 e. The van der Waals surface area contributed by atoms with Gasteiger partial charge >= 0.3 is 0 Å². The third-order valence-electron chi connectivity index (χ3n) is 3.69. The Balaban J connectivity index is 1.91. The molecule has 2 amide bonds. The van der Waals surface area contributed by atoms with Crippen LogP contribution in [0, 0.1) is 5.82 Å². The molecule has 0 aliphatic carbocycles. The van der Waals surface area contributed by atoms with Gasteiger partial charge in [0, 0.05) is 26.2 Å². The van der Waals surface area contributed by atoms with Crippen molar-refractivity contribution in [3.63, 3.8) is 0 Å². The highest BCUT2D eigenvalue weighted by molar-refractivity contribution is 7.89. The van der Waals surface area contributed by atoms with E-state index in [1.165, 1.54) is 50.5 Å². The first kappa shape index (κ1) is 20.5. The molecule has 0 atom stereocenters. The van der Waals surface area contributed by atoms with Crippen LogP contribution in [0.3, 0.4) is 0 Å². The second-order valence-corrected chi connectivity index (χ2v) is 8.05. The summed E-state index contributed by atoms with van der Waals surface area (Å²) in [6.07, 6.45) is 0. The van der Waals surface area contributed by atoms with E-state index in [0.29, 0.717) is 0 Å². The first-order valence-electron chi connectivity index (χ1n) is 8.02. The number of hydrogen-bond acceptors (Lipinski definition) is 4. The molecule has 0 aliphatic rings. The van der Waals surface area contributed by atoms with Gasteiger partial charge in [0.1, 0.15) is 5.82 Å². The van der Waals surface area contributed by atoms with E-state index in [-0.39, 0.29) is 29.4 Å². The normalized spacial score (nSPS) is 11.3. The summed E-state index contributed by atoms with van der Waals surface area (Å²) >= 11 is 0. The summed E-state index contributed by atoms with van der Waals surface area (Å²) < 4.78 is 38.1. The molecule has 0 unspecified atom stereocenters. The van der Waals surface area contributed by atoms with Crippen LogP contribution in [0.2, 0.25) is 0 Å². The fourth-order valence-corrected chi connectivity index (χ4v) is 3.08. The molecule has 9 heteroatoms. The van der Waals surface area contributed by atoms with Crippen molar-refractivity contribution in [2.24, 2.45) is 0 Å². The second-order valence-electron chi connectivity index (χ2n) is 5.90. The van der Waals surface area contributed by atoms with Crippen LogP contribution < -0.4 is 10.6 Å². The van der Waals surface area contributed by atoms with Gasteiger partial charge < -0.3 is 10.6 Å². The van der Waals surface area contributed by atoms with Gasteiger partial charge in [0.15, 0.2) is 0 Å². The van der Waals surface area contributed by atoms with Crippen LogP contribution >= 0.6 is 0 Å². The van der Waals surface area contributed by atoms with Crippen molar-refractivity contribution >= 4 is 21.8 Å². The molecule has 0 saturated heterocycles. The summed E-state index contributed by atoms with van der Waals surface area (Å²) in [5.74, 6) is -1.36. The van der Waals surface area contributed by atoms with Gasteiger partial charge in [0.05, 0.1) is 11.4 Å². The Bertz CT molecular complexity index is 928. The Hall–Kier alpha value is -2.78. The SMILES string of the molecule is CN(C)S(=O)(=O)c1cccc(C(=O)NCC(=O)NCc2ccc(F)cc2)c1. The average Bonchev–Trinajstić information content (AvgIpc) is 2.65. The number of carbonyl (C=O) groups is 2. The minimum absolute atomic E-state index is 0.0130. The van der Waals surface area contributed by atoms with Crippen molar-refractivity contribution in [1.29, 1.82) is 0 Å². The molecule has 0 spiro atoms. The Labute approximate surface area is 157 Å². The van der Waals surface area contributed by atoms with Gasteiger partial charge in [-0.2, -0.15) is 0 Å². The van der Waals surface area contributed by atoms with Crippen LogP contribution in [0.1, 0.15) is 15.9 Å². The highest BCUT2D eigenvalue weighted by atomic mass is 32.2. The lowest BCUT2D eigenvalue weighted by atomic mass is 10.2. The number of nitrogens with one attached hydrogen (secondary N) is 2. The van der Waals surface area contributed by atoms with Gasteiger partial charge in [-0.1, -0.05) is 18.2 Å². The quantitative estimate of drug-likeness (QED) is 0.737. The molecule has 0 heterocycles. The van der Waals surface area contributed by atoms with Gasteiger partial charge in [-0.15, -0.1) is 0 Å². The molecular weight excluding hydrogens is 373 g/mol. The van der Waals surface area contributed by atoms with Crippen molar-refractivity contribution in [2.45, 2.75) is 11.4 Å². The molecule has 0 radical (unpaired) electrons. The first-order chi connectivity index (χ1) is 12.7. The van der Waals surface area contributed by atoms with Gasteiger partial charge in [-0.25, -0.2) is 17.1 Å². The summed E-state index contributed by atoms with van der Waals surface area (Å²) in [5.41, 5.74) is 0.849. The maximum atomic E-state index is 12.8. The molecule has 2 rings (SSSR count). The third kappa shape index (κ3) is 5.60. The zero-order valence-corrected chi connectivity index (χ0v) is 15.7. The van der Waals surface area contributed by atoms with E-state index in [2.05, 4.69) is 10.6 Å². The molecule has 0 aliphatic heterocycles. The standard InChI is InChI=1S/C18H20FN3O4S/c1-22(2)27(25,26)16-5-3-4-14(10-16)18(24)21-12-17(23)20-11-13-6-8-15(19)9-7-13/h3-10H,11-12H2,1-2H3,(H,20,23)(H,21,24). The van der Waals surface area contributed by atoms with Gasteiger partial charge in [0.2, 0.25) is 15.9 Å². The maximum absolute atomic E-state index is 12.8. The van der Waals surface area contributed by atoms with E-state index in [9.17, 15) is 22.4 Å². The minimum atomic E-state index is -3.66. The summed E-state index contributed by atoms with van der Waals surface area (Å²) in [6.45, 7) is -0.0732. The molecule has 7 nitrogen and oxygen atoms in total. The van der Waals surface area contributed by atoms with Crippen molar-refractivity contribution in [3.05, 3.63) is 65.5 Å². The molecule has 0 saturated carbocycles. The van der Waals surface area contributed by atoms with E-state index in [1.807, 2.05) is 0 Å². The molecule has 0 fully saturated rings. The summed E-state index contributed by atoms with van der Waals surface area (Å²) in [4.78, 5) is 24.0. The molecule has 2 aromatic carbocycles. The van der Waals surface area contributed by atoms with E-state index >= 15 is 0 Å². The number of benzene rings is 2. The molecule has 2 aromatic rings. The van der Waals surface area contributed by atoms with Crippen molar-refractivity contribution in [1.82, 2.24) is 14.9 Å². The summed E-state index contributed by atoms with van der Waals surface area (Å²) in [6, 6.07) is 11.2. The summed E-state index contributed by atoms with van der Waals surface area (Å²) in [5, 5.41) is 5.03. The number of hydrogen-bond donors (Lipinski definition) is 2. The van der Waals surface area contributed by atoms with Crippen molar-refractivity contribution < 1.29 is 22.4 Å². The van der Waals surface area contributed by atoms with Crippen LogP contribution in [0.5, 0.6) is 0 Å². The molecule has 0 bridgehead atoms. The predicted molar refractivity (Wildman–Crippen MR) is 97.9 cm³/mol. The Morgan fingerprint density at radius 1 is 1.04 bits per heavy atom. The Morgan fingerprint density at radius 3 is 2.33 bits per heavy atom. The van der Waals surface area contributed by atoms with Crippen molar-refractivity contribution in [3.8, 4) is 0 Å². The number of amides is 2. The average molecular weight is 393 g/mol. The van der Waals surface area contributed by atoms with Crippen LogP contribution in [0.25, 0.3) is 0 Å². The lowest BCUT2D eigenvalue weighted by Crippen LogP contribution is -2.36. The van der Waals surface area contributed by atoms with Crippen LogP contribution in [0.15, 0.2) is 53.4 Å². The van der Waals surface area contributed by atoms with Crippen LogP contribution in [-0.4, -0.2) is 45.2 Å². The van der Waals surface area contributed by atoms with Gasteiger partial charge in [0.25, 0.3) is 5.91 Å². The highest BCUT2D eigenvalue weighted by Gasteiger charge is 2.18. The zero-order valence-electron chi connectivity index (χ0n) is 14.9. The Morgan fingerprint density at radius 2 is 1.70 bits per heavy atom. The van der Waals surface area contributed by atoms with E-state index < -0.39 is 21.8 Å². The number of carbonyl (C=O) groups excluding carboxylic acids is 2. The third-order valence-corrected chi connectivity index (χ3v) is 5.50. The Kier molecular flexibility index (Phi) is 6.65. The monoisotopic (exact) mass is 393 g/mol. The van der Waals surface area contributed by atoms with Gasteiger partial charge in [-0.3, -0.25) is 9.59 Å². The number of halogens is 1. The van der Waals surface area contributed by atoms with Crippen molar-refractivity contribution in [2.75, 3.05) is 20.6 Å². The van der Waals surface area contributed by atoms with E-state index in [1.54, 1.807) is 12.1 Å². The molecular formula is C18H20FN3O4S.